The summed E-state index contributed by atoms with van der Waals surface area (Å²) in [5.74, 6) is -1.06. The van der Waals surface area contributed by atoms with Crippen molar-refractivity contribution in [1.82, 2.24) is 15.1 Å². The number of unbranched alkanes of at least 4 members (excludes halogenated alkanes) is 1. The van der Waals surface area contributed by atoms with E-state index in [1.165, 1.54) is 41.3 Å². The first-order chi connectivity index (χ1) is 23.7. The molecule has 50 heavy (non-hydrogen) atoms. The van der Waals surface area contributed by atoms with Crippen molar-refractivity contribution in [3.63, 3.8) is 0 Å². The van der Waals surface area contributed by atoms with Crippen LogP contribution in [0.25, 0.3) is 12.2 Å². The Morgan fingerprint density at radius 3 is 1.68 bits per heavy atom. The van der Waals surface area contributed by atoms with Crippen LogP contribution >= 0.6 is 0 Å². The molecule has 1 aliphatic rings. The molecule has 15 heteroatoms. The van der Waals surface area contributed by atoms with E-state index in [2.05, 4.69) is 5.32 Å². The lowest BCUT2D eigenvalue weighted by Crippen LogP contribution is -2.36. The van der Waals surface area contributed by atoms with Gasteiger partial charge < -0.3 is 18.6 Å². The molecule has 1 N–H and O–H groups in total. The molecule has 0 aliphatic carbocycles. The summed E-state index contributed by atoms with van der Waals surface area (Å²) in [7, 11) is -7.31. The van der Waals surface area contributed by atoms with Crippen molar-refractivity contribution in [3.8, 4) is 11.5 Å². The molecule has 13 nitrogen and oxygen atoms in total. The molecular formula is C35H37N3O10S2. The van der Waals surface area contributed by atoms with E-state index in [0.717, 1.165) is 12.5 Å². The average Bonchev–Trinajstić information content (AvgIpc) is 3.30. The monoisotopic (exact) mass is 724 g/mol. The molecule has 1 aliphatic heterocycles. The molecule has 0 bridgehead atoms. The normalized spacial score (nSPS) is 13.1. The zero-order chi connectivity index (χ0) is 36.3. The lowest BCUT2D eigenvalue weighted by Gasteiger charge is -2.23. The topological polar surface area (TPSA) is 174 Å². The van der Waals surface area contributed by atoms with Gasteiger partial charge in [-0.25, -0.2) is 0 Å². The fraction of sp³-hybridized carbons (Fsp3) is 0.257. The molecule has 0 saturated heterocycles. The zero-order valence-corrected chi connectivity index (χ0v) is 29.1. The summed E-state index contributed by atoms with van der Waals surface area (Å²) in [5.41, 5.74) is 2.02. The van der Waals surface area contributed by atoms with Crippen molar-refractivity contribution < 1.29 is 44.4 Å². The Balaban J connectivity index is 1.30. The minimum Gasteiger partial charge on any atom is -0.383 e. The van der Waals surface area contributed by atoms with Crippen LogP contribution in [0.2, 0.25) is 0 Å². The van der Waals surface area contributed by atoms with Crippen molar-refractivity contribution in [2.24, 2.45) is 0 Å². The Kier molecular flexibility index (Phi) is 12.7. The van der Waals surface area contributed by atoms with Gasteiger partial charge in [0.25, 0.3) is 11.8 Å². The molecule has 0 spiro atoms. The number of imide groups is 1. The molecule has 4 amide bonds. The van der Waals surface area contributed by atoms with E-state index >= 15 is 0 Å². The molecule has 264 valence electrons. The minimum atomic E-state index is -3.67. The molecule has 0 atom stereocenters. The summed E-state index contributed by atoms with van der Waals surface area (Å²) >= 11 is 0. The van der Waals surface area contributed by atoms with E-state index in [1.54, 1.807) is 65.6 Å². The zero-order valence-electron chi connectivity index (χ0n) is 27.5. The van der Waals surface area contributed by atoms with Crippen LogP contribution in [0.3, 0.4) is 0 Å². The first-order valence-electron chi connectivity index (χ1n) is 15.6. The van der Waals surface area contributed by atoms with Gasteiger partial charge in [0, 0.05) is 38.3 Å². The third kappa shape index (κ3) is 11.7. The number of benzene rings is 3. The van der Waals surface area contributed by atoms with Gasteiger partial charge in [0.05, 0.1) is 23.6 Å². The minimum absolute atomic E-state index is 0.136. The van der Waals surface area contributed by atoms with Crippen molar-refractivity contribution in [1.29, 1.82) is 0 Å². The van der Waals surface area contributed by atoms with E-state index < -0.39 is 20.2 Å². The van der Waals surface area contributed by atoms with Crippen molar-refractivity contribution in [2.75, 3.05) is 38.7 Å². The van der Waals surface area contributed by atoms with E-state index in [0.29, 0.717) is 54.6 Å². The number of nitrogens with one attached hydrogen (secondary N) is 1. The number of rotatable bonds is 17. The molecule has 0 unspecified atom stereocenters. The Hall–Kier alpha value is -5.28. The highest BCUT2D eigenvalue weighted by Crippen LogP contribution is 2.23. The Morgan fingerprint density at radius 2 is 1.18 bits per heavy atom. The van der Waals surface area contributed by atoms with E-state index in [1.807, 2.05) is 0 Å². The fourth-order valence-corrected chi connectivity index (χ4v) is 5.88. The van der Waals surface area contributed by atoms with Gasteiger partial charge in [-0.05, 0) is 78.9 Å². The molecule has 4 rings (SSSR count). The molecule has 1 heterocycles. The standard InChI is InChI=1S/C35H37N3O10S2/c1-49(43,44)47-28-16-10-26(11-17-28)14-20-32(39)36-22-5-6-23-37(24-7-25-38-34(41)30-8-3-4-9-31(30)35(38)42)33(40)21-15-27-12-18-29(19-13-27)48-50(2,45)46/h3-4,8-21H,5-7,22-25H2,1-2H3,(H,36,39)/b20-14+,21-15+/i38+1. The number of carbonyl (C=O) groups excluding carboxylic acids is 4. The number of amides is 4. The van der Waals surface area contributed by atoms with E-state index in [9.17, 15) is 36.0 Å². The molecule has 3 aromatic carbocycles. The molecular weight excluding hydrogens is 688 g/mol. The van der Waals surface area contributed by atoms with Gasteiger partial charge in [-0.15, -0.1) is 0 Å². The number of carbonyl (C=O) groups is 4. The average molecular weight is 725 g/mol. The molecule has 0 radical (unpaired) electrons. The SMILES string of the molecule is CS(=O)(=O)Oc1ccc(/C=C/C(=O)NCCCCN(CCC[15N]2C(=O)c3ccccc3C2=O)C(=O)/C=C/c2ccc(OS(C)(=O)=O)cc2)cc1. The van der Waals surface area contributed by atoms with Gasteiger partial charge in [-0.2, -0.15) is 16.8 Å². The van der Waals surface area contributed by atoms with Crippen LogP contribution in [0, 0.1) is 0 Å². The van der Waals surface area contributed by atoms with Crippen LogP contribution in [-0.2, 0) is 29.8 Å². The van der Waals surface area contributed by atoms with Crippen LogP contribution in [0.1, 0.15) is 51.1 Å². The number of hydrogen-bond acceptors (Lipinski definition) is 10. The maximum atomic E-state index is 13.3. The molecule has 0 saturated carbocycles. The lowest BCUT2D eigenvalue weighted by molar-refractivity contribution is -0.126. The highest BCUT2D eigenvalue weighted by atomic mass is 32.2. The Bertz CT molecular complexity index is 1960. The first kappa shape index (κ1) is 37.5. The maximum absolute atomic E-state index is 13.3. The predicted octanol–water partition coefficient (Wildman–Crippen LogP) is 3.50. The van der Waals surface area contributed by atoms with Gasteiger partial charge in [-0.1, -0.05) is 36.4 Å². The Morgan fingerprint density at radius 1 is 0.700 bits per heavy atom. The number of nitrogens with zero attached hydrogens (tertiary/aromatic N) is 2. The molecule has 0 fully saturated rings. The van der Waals surface area contributed by atoms with Crippen LogP contribution in [0.15, 0.2) is 84.9 Å². The van der Waals surface area contributed by atoms with Crippen molar-refractivity contribution in [2.45, 2.75) is 19.3 Å². The van der Waals surface area contributed by atoms with Gasteiger partial charge in [0.1, 0.15) is 11.5 Å². The van der Waals surface area contributed by atoms with Crippen LogP contribution in [0.4, 0.5) is 0 Å². The summed E-state index contributed by atoms with van der Waals surface area (Å²) < 4.78 is 54.8. The van der Waals surface area contributed by atoms with E-state index in [-0.39, 0.29) is 48.2 Å². The second-order valence-electron chi connectivity index (χ2n) is 11.4. The summed E-state index contributed by atoms with van der Waals surface area (Å²) in [5, 5.41) is 2.79. The second-order valence-corrected chi connectivity index (χ2v) is 14.5. The Labute approximate surface area is 291 Å². The first-order valence-corrected chi connectivity index (χ1v) is 19.2. The summed E-state index contributed by atoms with van der Waals surface area (Å²) in [6.45, 7) is 1.09. The van der Waals surface area contributed by atoms with Gasteiger partial charge in [0.2, 0.25) is 11.8 Å². The van der Waals surface area contributed by atoms with Crippen molar-refractivity contribution in [3.05, 3.63) is 107 Å². The lowest BCUT2D eigenvalue weighted by atomic mass is 10.1. The highest BCUT2D eigenvalue weighted by Gasteiger charge is 2.34. The fourth-order valence-electron chi connectivity index (χ4n) is 4.96. The van der Waals surface area contributed by atoms with Gasteiger partial charge in [-0.3, -0.25) is 24.1 Å². The third-order valence-corrected chi connectivity index (χ3v) is 8.24. The van der Waals surface area contributed by atoms with E-state index in [4.69, 9.17) is 8.37 Å². The number of fused-ring (bicyclic) bond motifs is 1. The third-order valence-electron chi connectivity index (χ3n) is 7.25. The summed E-state index contributed by atoms with van der Waals surface area (Å²) in [4.78, 5) is 53.9. The van der Waals surface area contributed by atoms with Crippen LogP contribution < -0.4 is 13.7 Å². The second kappa shape index (κ2) is 16.9. The summed E-state index contributed by atoms with van der Waals surface area (Å²) in [6, 6.07) is 19.0. The maximum Gasteiger partial charge on any atom is 0.306 e. The largest absolute Gasteiger partial charge is 0.383 e. The predicted molar refractivity (Wildman–Crippen MR) is 187 cm³/mol. The van der Waals surface area contributed by atoms with Crippen molar-refractivity contribution >= 4 is 56.0 Å². The highest BCUT2D eigenvalue weighted by molar-refractivity contribution is 7.86. The number of hydrogen-bond donors (Lipinski definition) is 1. The molecule has 0 aromatic heterocycles. The molecule has 3 aromatic rings. The summed E-state index contributed by atoms with van der Waals surface area (Å²) in [6.07, 6.45) is 9.26. The quantitative estimate of drug-likeness (QED) is 0.0714. The van der Waals surface area contributed by atoms with Gasteiger partial charge >= 0.3 is 20.2 Å². The smallest absolute Gasteiger partial charge is 0.306 e. The van der Waals surface area contributed by atoms with Crippen LogP contribution in [-0.4, -0.2) is 89.0 Å². The van der Waals surface area contributed by atoms with Gasteiger partial charge in [0.15, 0.2) is 0 Å². The van der Waals surface area contributed by atoms with Crippen LogP contribution in [0.5, 0.6) is 11.5 Å².